The molecule has 0 atom stereocenters. The Morgan fingerprint density at radius 2 is 2.20 bits per heavy atom. The first-order valence-corrected chi connectivity index (χ1v) is 3.85. The van der Waals surface area contributed by atoms with E-state index in [2.05, 4.69) is 12.6 Å². The van der Waals surface area contributed by atoms with Crippen LogP contribution in [0.25, 0.3) is 0 Å². The van der Waals surface area contributed by atoms with Crippen LogP contribution in [-0.4, -0.2) is 10.9 Å². The molecule has 0 saturated heterocycles. The number of benzene rings is 1. The molecule has 1 nitrogen and oxygen atoms in total. The van der Waals surface area contributed by atoms with E-state index >= 15 is 0 Å². The zero-order chi connectivity index (χ0) is 7.40. The minimum atomic E-state index is 0.333. The highest BCUT2D eigenvalue weighted by Gasteiger charge is 1.90. The van der Waals surface area contributed by atoms with Gasteiger partial charge >= 0.3 is 0 Å². The van der Waals surface area contributed by atoms with E-state index in [1.807, 2.05) is 12.1 Å². The Kier molecular flexibility index (Phi) is 2.63. The fourth-order valence-electron chi connectivity index (χ4n) is 0.841. The maximum absolute atomic E-state index is 9.01. The van der Waals surface area contributed by atoms with E-state index in [-0.39, 0.29) is 0 Å². The molecule has 0 unspecified atom stereocenters. The lowest BCUT2D eigenvalue weighted by atomic mass is 10.2. The molecule has 1 aromatic rings. The van der Waals surface area contributed by atoms with Gasteiger partial charge in [0.1, 0.15) is 5.75 Å². The quantitative estimate of drug-likeness (QED) is 0.623. The van der Waals surface area contributed by atoms with Crippen molar-refractivity contribution in [2.75, 3.05) is 5.75 Å². The molecule has 0 heterocycles. The normalized spacial score (nSPS) is 9.70. The first kappa shape index (κ1) is 7.48. The molecule has 0 aromatic heterocycles. The summed E-state index contributed by atoms with van der Waals surface area (Å²) in [5.74, 6) is 1.16. The molecule has 0 radical (unpaired) electrons. The molecule has 1 aromatic carbocycles. The number of rotatable bonds is 2. The van der Waals surface area contributed by atoms with Crippen LogP contribution in [0.1, 0.15) is 5.56 Å². The molecule has 1 N–H and O–H groups in total. The van der Waals surface area contributed by atoms with Crippen molar-refractivity contribution in [3.05, 3.63) is 29.8 Å². The third-order valence-electron chi connectivity index (χ3n) is 1.31. The Bertz CT molecular complexity index is 210. The third-order valence-corrected chi connectivity index (χ3v) is 1.53. The summed E-state index contributed by atoms with van der Waals surface area (Å²) in [7, 11) is 0. The minimum absolute atomic E-state index is 0.333. The van der Waals surface area contributed by atoms with Crippen LogP contribution in [0.3, 0.4) is 0 Å². The van der Waals surface area contributed by atoms with Crippen LogP contribution in [0.2, 0.25) is 0 Å². The molecule has 0 spiro atoms. The van der Waals surface area contributed by atoms with Crippen LogP contribution < -0.4 is 0 Å². The smallest absolute Gasteiger partial charge is 0.115 e. The molecule has 2 heteroatoms. The number of aromatic hydroxyl groups is 1. The maximum Gasteiger partial charge on any atom is 0.115 e. The van der Waals surface area contributed by atoms with E-state index in [1.54, 1.807) is 12.1 Å². The van der Waals surface area contributed by atoms with Crippen LogP contribution in [0, 0.1) is 0 Å². The van der Waals surface area contributed by atoms with Crippen molar-refractivity contribution in [2.45, 2.75) is 6.42 Å². The maximum atomic E-state index is 9.01. The minimum Gasteiger partial charge on any atom is -0.508 e. The number of phenolic OH excluding ortho intramolecular Hbond substituents is 1. The Hall–Kier alpha value is -0.630. The molecule has 1 rings (SSSR count). The lowest BCUT2D eigenvalue weighted by Gasteiger charge is -1.96. The Morgan fingerprint density at radius 3 is 2.80 bits per heavy atom. The Labute approximate surface area is 66.1 Å². The van der Waals surface area contributed by atoms with Gasteiger partial charge in [-0.05, 0) is 29.9 Å². The summed E-state index contributed by atoms with van der Waals surface area (Å²) < 4.78 is 0. The summed E-state index contributed by atoms with van der Waals surface area (Å²) in [5.41, 5.74) is 1.13. The van der Waals surface area contributed by atoms with Crippen LogP contribution in [0.5, 0.6) is 5.75 Å². The fourth-order valence-corrected chi connectivity index (χ4v) is 1.10. The molecule has 0 aliphatic rings. The number of hydrogen-bond acceptors (Lipinski definition) is 2. The molecule has 0 aliphatic carbocycles. The number of aryl methyl sites for hydroxylation is 1. The van der Waals surface area contributed by atoms with Crippen molar-refractivity contribution in [3.63, 3.8) is 0 Å². The van der Waals surface area contributed by atoms with Gasteiger partial charge in [0, 0.05) is 0 Å². The van der Waals surface area contributed by atoms with E-state index in [4.69, 9.17) is 5.11 Å². The molecule has 0 saturated carbocycles. The van der Waals surface area contributed by atoms with E-state index in [9.17, 15) is 0 Å². The third kappa shape index (κ3) is 1.95. The van der Waals surface area contributed by atoms with Gasteiger partial charge in [0.15, 0.2) is 0 Å². The largest absolute Gasteiger partial charge is 0.508 e. The monoisotopic (exact) mass is 154 g/mol. The molecule has 10 heavy (non-hydrogen) atoms. The highest BCUT2D eigenvalue weighted by molar-refractivity contribution is 7.80. The van der Waals surface area contributed by atoms with Gasteiger partial charge in [-0.25, -0.2) is 0 Å². The van der Waals surface area contributed by atoms with E-state index in [0.29, 0.717) is 5.75 Å². The summed E-state index contributed by atoms with van der Waals surface area (Å²) in [4.78, 5) is 0. The van der Waals surface area contributed by atoms with Gasteiger partial charge in [0.2, 0.25) is 0 Å². The van der Waals surface area contributed by atoms with Crippen molar-refractivity contribution in [2.24, 2.45) is 0 Å². The van der Waals surface area contributed by atoms with Crippen LogP contribution >= 0.6 is 12.6 Å². The number of phenols is 1. The second-order valence-corrected chi connectivity index (χ2v) is 2.59. The van der Waals surface area contributed by atoms with Crippen LogP contribution in [0.4, 0.5) is 0 Å². The summed E-state index contributed by atoms with van der Waals surface area (Å²) in [6.07, 6.45) is 0.914. The standard InChI is InChI=1S/C8H10OS/c9-8-3-1-2-7(6-8)4-5-10/h1-3,6,9-10H,4-5H2. The zero-order valence-corrected chi connectivity index (χ0v) is 6.51. The average Bonchev–Trinajstić information content (AvgIpc) is 1.88. The van der Waals surface area contributed by atoms with Gasteiger partial charge < -0.3 is 5.11 Å². The van der Waals surface area contributed by atoms with E-state index < -0.39 is 0 Å². The van der Waals surface area contributed by atoms with Gasteiger partial charge in [-0.1, -0.05) is 12.1 Å². The summed E-state index contributed by atoms with van der Waals surface area (Å²) in [5, 5.41) is 9.01. The lowest BCUT2D eigenvalue weighted by Crippen LogP contribution is -1.83. The van der Waals surface area contributed by atoms with E-state index in [1.165, 1.54) is 0 Å². The molecule has 54 valence electrons. The molecule has 0 aliphatic heterocycles. The summed E-state index contributed by atoms with van der Waals surface area (Å²) in [6.45, 7) is 0. The molecule has 0 fully saturated rings. The van der Waals surface area contributed by atoms with Crippen LogP contribution in [-0.2, 0) is 6.42 Å². The topological polar surface area (TPSA) is 20.2 Å². The van der Waals surface area contributed by atoms with Crippen molar-refractivity contribution in [1.82, 2.24) is 0 Å². The highest BCUT2D eigenvalue weighted by atomic mass is 32.1. The first-order chi connectivity index (χ1) is 4.83. The van der Waals surface area contributed by atoms with Crippen molar-refractivity contribution < 1.29 is 5.11 Å². The molecule has 0 bridgehead atoms. The molecule has 0 amide bonds. The van der Waals surface area contributed by atoms with Gasteiger partial charge in [-0.15, -0.1) is 0 Å². The summed E-state index contributed by atoms with van der Waals surface area (Å²) >= 11 is 4.08. The fraction of sp³-hybridized carbons (Fsp3) is 0.250. The Balaban J connectivity index is 2.75. The van der Waals surface area contributed by atoms with Gasteiger partial charge in [0.05, 0.1) is 0 Å². The predicted molar refractivity (Wildman–Crippen MR) is 45.7 cm³/mol. The first-order valence-electron chi connectivity index (χ1n) is 3.21. The highest BCUT2D eigenvalue weighted by Crippen LogP contribution is 2.11. The second kappa shape index (κ2) is 3.52. The number of thiol groups is 1. The van der Waals surface area contributed by atoms with Crippen LogP contribution in [0.15, 0.2) is 24.3 Å². The zero-order valence-electron chi connectivity index (χ0n) is 5.62. The van der Waals surface area contributed by atoms with E-state index in [0.717, 1.165) is 17.7 Å². The average molecular weight is 154 g/mol. The molecular formula is C8H10OS. The summed E-state index contributed by atoms with van der Waals surface area (Å²) in [6, 6.07) is 7.25. The Morgan fingerprint density at radius 1 is 1.40 bits per heavy atom. The van der Waals surface area contributed by atoms with Crippen molar-refractivity contribution >= 4 is 12.6 Å². The van der Waals surface area contributed by atoms with Crippen molar-refractivity contribution in [1.29, 1.82) is 0 Å². The van der Waals surface area contributed by atoms with Gasteiger partial charge in [-0.3, -0.25) is 0 Å². The SMILES string of the molecule is Oc1cccc(CCS)c1. The second-order valence-electron chi connectivity index (χ2n) is 2.14. The predicted octanol–water partition coefficient (Wildman–Crippen LogP) is 1.86. The molecular weight excluding hydrogens is 144 g/mol. The number of hydrogen-bond donors (Lipinski definition) is 2. The van der Waals surface area contributed by atoms with Gasteiger partial charge in [-0.2, -0.15) is 12.6 Å². The lowest BCUT2D eigenvalue weighted by molar-refractivity contribution is 0.474. The van der Waals surface area contributed by atoms with Gasteiger partial charge in [0.25, 0.3) is 0 Å². The van der Waals surface area contributed by atoms with Crippen molar-refractivity contribution in [3.8, 4) is 5.75 Å².